The van der Waals surface area contributed by atoms with Gasteiger partial charge in [0.1, 0.15) is 13.2 Å². The van der Waals surface area contributed by atoms with Gasteiger partial charge in [0.2, 0.25) is 11.8 Å². The summed E-state index contributed by atoms with van der Waals surface area (Å²) in [5, 5.41) is 1.34. The monoisotopic (exact) mass is 574 g/mol. The van der Waals surface area contributed by atoms with E-state index < -0.39 is 0 Å². The van der Waals surface area contributed by atoms with Crippen LogP contribution in [0.2, 0.25) is 10.0 Å². The van der Waals surface area contributed by atoms with Crippen molar-refractivity contribution in [2.75, 3.05) is 47.1 Å². The van der Waals surface area contributed by atoms with Gasteiger partial charge in [-0.1, -0.05) is 35.3 Å². The number of ether oxygens (including phenoxy) is 2. The third-order valence-corrected chi connectivity index (χ3v) is 7.70. The zero-order valence-electron chi connectivity index (χ0n) is 22.1. The van der Waals surface area contributed by atoms with Gasteiger partial charge in [0, 0.05) is 33.8 Å². The highest BCUT2D eigenvalue weighted by Gasteiger charge is 2.24. The minimum absolute atomic E-state index is 0.0241. The first-order chi connectivity index (χ1) is 18.8. The maximum atomic E-state index is 13.3. The minimum atomic E-state index is -0.265. The van der Waals surface area contributed by atoms with Crippen molar-refractivity contribution in [3.63, 3.8) is 0 Å². The Morgan fingerprint density at radius 3 is 2.56 bits per heavy atom. The van der Waals surface area contributed by atoms with Crippen LogP contribution in [-0.4, -0.2) is 78.2 Å². The highest BCUT2D eigenvalue weighted by atomic mass is 35.5. The van der Waals surface area contributed by atoms with Crippen LogP contribution in [0.5, 0.6) is 0 Å². The number of methoxy groups -OCH3 is 1. The number of amides is 2. The van der Waals surface area contributed by atoms with E-state index in [1.54, 1.807) is 32.4 Å². The van der Waals surface area contributed by atoms with Gasteiger partial charge in [-0.25, -0.2) is 4.98 Å². The third kappa shape index (κ3) is 7.36. The van der Waals surface area contributed by atoms with Crippen molar-refractivity contribution in [3.8, 4) is 0 Å². The number of halogens is 2. The van der Waals surface area contributed by atoms with Crippen molar-refractivity contribution >= 4 is 45.9 Å². The average molecular weight is 575 g/mol. The molecule has 4 rings (SSSR count). The second-order valence-corrected chi connectivity index (χ2v) is 10.5. The molecule has 2 heterocycles. The van der Waals surface area contributed by atoms with Crippen LogP contribution >= 0.6 is 23.2 Å². The summed E-state index contributed by atoms with van der Waals surface area (Å²) < 4.78 is 11.6. The number of likely N-dealkylation sites (N-methyl/N-ethyl adjacent to an activating group) is 1. The second kappa shape index (κ2) is 13.4. The first kappa shape index (κ1) is 29.0. The van der Waals surface area contributed by atoms with Crippen LogP contribution in [0.4, 0.5) is 0 Å². The first-order valence-electron chi connectivity index (χ1n) is 12.8. The van der Waals surface area contributed by atoms with Crippen LogP contribution in [0, 0.1) is 0 Å². The van der Waals surface area contributed by atoms with Gasteiger partial charge in [-0.15, -0.1) is 0 Å². The smallest absolute Gasteiger partial charge is 0.261 e. The third-order valence-electron chi connectivity index (χ3n) is 6.96. The van der Waals surface area contributed by atoms with E-state index in [1.807, 2.05) is 23.1 Å². The van der Waals surface area contributed by atoms with E-state index in [9.17, 15) is 14.4 Å². The Morgan fingerprint density at radius 1 is 1.08 bits per heavy atom. The lowest BCUT2D eigenvalue weighted by atomic mass is 9.89. The molecular weight excluding hydrogens is 543 g/mol. The van der Waals surface area contributed by atoms with Crippen molar-refractivity contribution < 1.29 is 19.1 Å². The number of rotatable bonds is 10. The number of carbonyl (C=O) groups is 2. The fourth-order valence-corrected chi connectivity index (χ4v) is 4.99. The molecule has 2 aromatic carbocycles. The molecule has 0 bridgehead atoms. The lowest BCUT2D eigenvalue weighted by Crippen LogP contribution is -2.40. The van der Waals surface area contributed by atoms with E-state index in [1.165, 1.54) is 15.8 Å². The van der Waals surface area contributed by atoms with Crippen molar-refractivity contribution in [2.24, 2.45) is 0 Å². The fourth-order valence-electron chi connectivity index (χ4n) is 4.66. The van der Waals surface area contributed by atoms with Gasteiger partial charge in [0.25, 0.3) is 5.56 Å². The zero-order chi connectivity index (χ0) is 27.9. The highest BCUT2D eigenvalue weighted by molar-refractivity contribution is 6.42. The molecule has 0 N–H and O–H groups in total. The number of nitrogens with zero attached hydrogens (tertiary/aromatic N) is 4. The predicted octanol–water partition coefficient (Wildman–Crippen LogP) is 3.73. The predicted molar refractivity (Wildman–Crippen MR) is 150 cm³/mol. The number of piperidine rings is 1. The average Bonchev–Trinajstić information content (AvgIpc) is 2.94. The number of likely N-dealkylation sites (tertiary alicyclic amines) is 1. The van der Waals surface area contributed by atoms with Crippen LogP contribution in [0.3, 0.4) is 0 Å². The molecule has 39 heavy (non-hydrogen) atoms. The van der Waals surface area contributed by atoms with Crippen LogP contribution in [0.25, 0.3) is 10.9 Å². The molecule has 3 aromatic rings. The lowest BCUT2D eigenvalue weighted by molar-refractivity contribution is -0.137. The molecule has 1 aliphatic rings. The summed E-state index contributed by atoms with van der Waals surface area (Å²) in [7, 11) is 3.26. The van der Waals surface area contributed by atoms with Crippen LogP contribution in [-0.2, 0) is 32.2 Å². The Hall–Kier alpha value is -2.98. The molecule has 1 saturated heterocycles. The molecule has 0 unspecified atom stereocenters. The fraction of sp³-hybridized carbons (Fsp3) is 0.429. The van der Waals surface area contributed by atoms with E-state index in [2.05, 4.69) is 4.98 Å². The molecule has 0 aliphatic carbocycles. The molecule has 1 aromatic heterocycles. The van der Waals surface area contributed by atoms with Crippen LogP contribution < -0.4 is 5.56 Å². The van der Waals surface area contributed by atoms with Crippen LogP contribution in [0.15, 0.2) is 47.5 Å². The van der Waals surface area contributed by atoms with Crippen LogP contribution in [0.1, 0.15) is 29.9 Å². The minimum Gasteiger partial charge on any atom is -0.382 e. The molecule has 1 fully saturated rings. The molecule has 0 radical (unpaired) electrons. The molecule has 208 valence electrons. The van der Waals surface area contributed by atoms with Gasteiger partial charge in [-0.05, 0) is 54.2 Å². The van der Waals surface area contributed by atoms with Crippen molar-refractivity contribution in [1.82, 2.24) is 19.4 Å². The van der Waals surface area contributed by atoms with Gasteiger partial charge >= 0.3 is 0 Å². The summed E-state index contributed by atoms with van der Waals surface area (Å²) >= 11 is 12.1. The van der Waals surface area contributed by atoms with Gasteiger partial charge < -0.3 is 19.3 Å². The van der Waals surface area contributed by atoms with Crippen molar-refractivity contribution in [2.45, 2.75) is 31.8 Å². The topological polar surface area (TPSA) is 94.0 Å². The van der Waals surface area contributed by atoms with Crippen molar-refractivity contribution in [1.29, 1.82) is 0 Å². The summed E-state index contributed by atoms with van der Waals surface area (Å²) in [5.74, 6) is -0.0347. The van der Waals surface area contributed by atoms with Gasteiger partial charge in [0.05, 0.1) is 40.5 Å². The van der Waals surface area contributed by atoms with E-state index in [-0.39, 0.29) is 36.4 Å². The highest BCUT2D eigenvalue weighted by Crippen LogP contribution is 2.29. The van der Waals surface area contributed by atoms with Gasteiger partial charge in [-0.2, -0.15) is 0 Å². The van der Waals surface area contributed by atoms with E-state index in [4.69, 9.17) is 32.7 Å². The summed E-state index contributed by atoms with van der Waals surface area (Å²) in [4.78, 5) is 46.3. The molecule has 0 atom stereocenters. The van der Waals surface area contributed by atoms with E-state index >= 15 is 0 Å². The summed E-state index contributed by atoms with van der Waals surface area (Å²) in [6.45, 7) is 2.36. The number of carbonyl (C=O) groups excluding carboxylic acids is 2. The number of fused-ring (bicyclic) bond motifs is 1. The number of hydrogen-bond donors (Lipinski definition) is 0. The van der Waals surface area contributed by atoms with E-state index in [0.29, 0.717) is 53.8 Å². The Labute approximate surface area is 237 Å². The lowest BCUT2D eigenvalue weighted by Gasteiger charge is -2.32. The summed E-state index contributed by atoms with van der Waals surface area (Å²) in [5.41, 5.74) is 2.18. The summed E-state index contributed by atoms with van der Waals surface area (Å²) in [6, 6.07) is 10.9. The number of benzene rings is 2. The Morgan fingerprint density at radius 2 is 1.85 bits per heavy atom. The Balaban J connectivity index is 1.40. The molecule has 2 amide bonds. The Bertz CT molecular complexity index is 1390. The second-order valence-electron chi connectivity index (χ2n) is 9.65. The normalized spacial score (nSPS) is 14.1. The van der Waals surface area contributed by atoms with Gasteiger partial charge in [-0.3, -0.25) is 19.0 Å². The molecular formula is C28H32Cl2N4O5. The molecule has 0 spiro atoms. The molecule has 1 aliphatic heterocycles. The van der Waals surface area contributed by atoms with E-state index in [0.717, 1.165) is 24.0 Å². The molecule has 0 saturated carbocycles. The standard InChI is InChI=1S/C28H32Cl2N4O5/c1-32(15-19-3-5-23(29)24(30)13-19)26(35)16-34-18-31-25-6-4-21(14-22(25)28(34)37)20-7-9-33(10-8-20)27(36)17-39-12-11-38-2/h3-6,13-14,18,20H,7-12,15-17H2,1-2H3. The first-order valence-corrected chi connectivity index (χ1v) is 13.5. The SMILES string of the molecule is COCCOCC(=O)N1CCC(c2ccc3ncn(CC(=O)N(C)Cc4ccc(Cl)c(Cl)c4)c(=O)c3c2)CC1. The summed E-state index contributed by atoms with van der Waals surface area (Å²) in [6.07, 6.45) is 3.00. The zero-order valence-corrected chi connectivity index (χ0v) is 23.6. The quantitative estimate of drug-likeness (QED) is 0.342. The van der Waals surface area contributed by atoms with Crippen molar-refractivity contribution in [3.05, 3.63) is 74.3 Å². The van der Waals surface area contributed by atoms with Gasteiger partial charge in [0.15, 0.2) is 0 Å². The molecule has 9 nitrogen and oxygen atoms in total. The largest absolute Gasteiger partial charge is 0.382 e. The number of aromatic nitrogens is 2. The Kier molecular flexibility index (Phi) is 9.96. The maximum Gasteiger partial charge on any atom is 0.261 e. The maximum absolute atomic E-state index is 13.3. The number of hydrogen-bond acceptors (Lipinski definition) is 6. The molecule has 11 heteroatoms.